The third-order valence-electron chi connectivity index (χ3n) is 5.12. The zero-order chi connectivity index (χ0) is 16.1. The summed E-state index contributed by atoms with van der Waals surface area (Å²) in [6.07, 6.45) is 12.9. The number of carbonyl (C=O) groups excluding carboxylic acids is 1. The van der Waals surface area contributed by atoms with Gasteiger partial charge in [-0.2, -0.15) is 0 Å². The van der Waals surface area contributed by atoms with Gasteiger partial charge in [0.15, 0.2) is 0 Å². The zero-order valence-electron chi connectivity index (χ0n) is 14.2. The lowest BCUT2D eigenvalue weighted by atomic mass is 9.89. The van der Waals surface area contributed by atoms with Crippen LogP contribution in [-0.4, -0.2) is 6.03 Å². The Kier molecular flexibility index (Phi) is 5.37. The highest BCUT2D eigenvalue weighted by Crippen LogP contribution is 2.25. The largest absolute Gasteiger partial charge is 0.331 e. The van der Waals surface area contributed by atoms with Crippen LogP contribution in [0.3, 0.4) is 0 Å². The van der Waals surface area contributed by atoms with Crippen molar-refractivity contribution in [3.8, 4) is 0 Å². The van der Waals surface area contributed by atoms with Gasteiger partial charge < -0.3 is 10.6 Å². The van der Waals surface area contributed by atoms with Gasteiger partial charge in [-0.25, -0.2) is 4.79 Å². The minimum atomic E-state index is -0.103. The van der Waals surface area contributed by atoms with Gasteiger partial charge in [-0.3, -0.25) is 0 Å². The first kappa shape index (κ1) is 16.1. The number of rotatable bonds is 3. The molecule has 1 aromatic carbocycles. The molecule has 2 aliphatic carbocycles. The molecule has 0 spiro atoms. The monoisotopic (exact) mass is 312 g/mol. The molecule has 3 nitrogen and oxygen atoms in total. The number of carbonyl (C=O) groups is 1. The van der Waals surface area contributed by atoms with Crippen LogP contribution < -0.4 is 10.6 Å². The van der Waals surface area contributed by atoms with Gasteiger partial charge in [0.1, 0.15) is 0 Å². The molecule has 1 fully saturated rings. The summed E-state index contributed by atoms with van der Waals surface area (Å²) in [6, 6.07) is 6.61. The zero-order valence-corrected chi connectivity index (χ0v) is 14.2. The number of allylic oxidation sites excluding steroid dienone is 1. The van der Waals surface area contributed by atoms with E-state index in [1.165, 1.54) is 67.2 Å². The number of hydrogen-bond acceptors (Lipinski definition) is 1. The van der Waals surface area contributed by atoms with E-state index in [4.69, 9.17) is 0 Å². The standard InChI is InChI=1S/C20H28N2O/c1-15(18-12-11-17-9-5-6-10-19(17)13-18)22-20(23)21-14-16-7-3-2-4-8-16/h11-15H,2-10H2,1H3,(H2,21,22,23). The summed E-state index contributed by atoms with van der Waals surface area (Å²) in [5.41, 5.74) is 5.52. The lowest BCUT2D eigenvalue weighted by Crippen LogP contribution is -2.34. The van der Waals surface area contributed by atoms with Gasteiger partial charge in [0.25, 0.3) is 0 Å². The maximum Gasteiger partial charge on any atom is 0.319 e. The lowest BCUT2D eigenvalue weighted by molar-refractivity contribution is 0.241. The third kappa shape index (κ3) is 4.37. The van der Waals surface area contributed by atoms with Gasteiger partial charge in [-0.1, -0.05) is 30.2 Å². The van der Waals surface area contributed by atoms with Crippen LogP contribution in [-0.2, 0) is 12.8 Å². The van der Waals surface area contributed by atoms with Crippen LogP contribution >= 0.6 is 0 Å². The van der Waals surface area contributed by atoms with Crippen molar-refractivity contribution in [2.45, 2.75) is 70.8 Å². The summed E-state index contributed by atoms with van der Waals surface area (Å²) in [7, 11) is 0. The highest BCUT2D eigenvalue weighted by Gasteiger charge is 2.14. The summed E-state index contributed by atoms with van der Waals surface area (Å²) in [5, 5.41) is 5.95. The number of amides is 2. The van der Waals surface area contributed by atoms with Crippen molar-refractivity contribution in [3.63, 3.8) is 0 Å². The van der Waals surface area contributed by atoms with Crippen LogP contribution in [0, 0.1) is 0 Å². The topological polar surface area (TPSA) is 41.1 Å². The average Bonchev–Trinajstić information content (AvgIpc) is 2.60. The number of nitrogens with one attached hydrogen (secondary N) is 2. The number of fused-ring (bicyclic) bond motifs is 1. The third-order valence-corrected chi connectivity index (χ3v) is 5.12. The Morgan fingerprint density at radius 1 is 1.00 bits per heavy atom. The van der Waals surface area contributed by atoms with Crippen molar-refractivity contribution in [2.75, 3.05) is 0 Å². The molecule has 1 unspecified atom stereocenters. The average molecular weight is 312 g/mol. The molecule has 1 aromatic rings. The molecule has 0 saturated heterocycles. The van der Waals surface area contributed by atoms with Gasteiger partial charge in [0.05, 0.1) is 6.04 Å². The Morgan fingerprint density at radius 2 is 1.70 bits per heavy atom. The van der Waals surface area contributed by atoms with Crippen molar-refractivity contribution in [3.05, 3.63) is 46.7 Å². The summed E-state index contributed by atoms with van der Waals surface area (Å²) in [5.74, 6) is 0. The van der Waals surface area contributed by atoms with Crippen LogP contribution in [0.15, 0.2) is 30.0 Å². The quantitative estimate of drug-likeness (QED) is 0.829. The van der Waals surface area contributed by atoms with E-state index in [1.54, 1.807) is 0 Å². The van der Waals surface area contributed by atoms with E-state index < -0.39 is 0 Å². The fourth-order valence-electron chi connectivity index (χ4n) is 3.66. The molecular weight excluding hydrogens is 284 g/mol. The van der Waals surface area contributed by atoms with Gasteiger partial charge in [-0.15, -0.1) is 0 Å². The van der Waals surface area contributed by atoms with Gasteiger partial charge in [-0.05, 0) is 75.0 Å². The normalized spacial score (nSPS) is 18.7. The Labute approximate surface area is 139 Å². The predicted octanol–water partition coefficient (Wildman–Crippen LogP) is 4.77. The Hall–Kier alpha value is -1.77. The molecule has 1 saturated carbocycles. The second kappa shape index (κ2) is 7.67. The molecule has 0 radical (unpaired) electrons. The molecule has 0 aliphatic heterocycles. The number of aryl methyl sites for hydroxylation is 2. The molecule has 2 aliphatic rings. The summed E-state index contributed by atoms with van der Waals surface area (Å²) >= 11 is 0. The van der Waals surface area contributed by atoms with E-state index in [0.717, 1.165) is 12.8 Å². The Bertz CT molecular complexity index is 583. The molecule has 3 heteroatoms. The molecule has 2 amide bonds. The lowest BCUT2D eigenvalue weighted by Gasteiger charge is -2.20. The van der Waals surface area contributed by atoms with Gasteiger partial charge in [0.2, 0.25) is 0 Å². The van der Waals surface area contributed by atoms with E-state index in [1.807, 2.05) is 6.20 Å². The highest BCUT2D eigenvalue weighted by molar-refractivity contribution is 5.75. The molecule has 2 N–H and O–H groups in total. The molecule has 0 heterocycles. The fraction of sp³-hybridized carbons (Fsp3) is 0.550. The molecular formula is C20H28N2O. The van der Waals surface area contributed by atoms with Gasteiger partial charge in [0, 0.05) is 6.20 Å². The van der Waals surface area contributed by atoms with Crippen molar-refractivity contribution in [2.24, 2.45) is 0 Å². The maximum atomic E-state index is 12.1. The first-order valence-corrected chi connectivity index (χ1v) is 9.09. The number of hydrogen-bond donors (Lipinski definition) is 2. The number of urea groups is 1. The van der Waals surface area contributed by atoms with E-state index in [-0.39, 0.29) is 12.1 Å². The summed E-state index contributed by atoms with van der Waals surface area (Å²) < 4.78 is 0. The van der Waals surface area contributed by atoms with Crippen molar-refractivity contribution in [1.82, 2.24) is 10.6 Å². The number of benzene rings is 1. The van der Waals surface area contributed by atoms with Crippen molar-refractivity contribution in [1.29, 1.82) is 0 Å². The smallest absolute Gasteiger partial charge is 0.319 e. The second-order valence-corrected chi connectivity index (χ2v) is 6.94. The first-order chi connectivity index (χ1) is 11.2. The second-order valence-electron chi connectivity index (χ2n) is 6.94. The minimum Gasteiger partial charge on any atom is -0.331 e. The Morgan fingerprint density at radius 3 is 2.48 bits per heavy atom. The molecule has 23 heavy (non-hydrogen) atoms. The van der Waals surface area contributed by atoms with Crippen LogP contribution in [0.1, 0.15) is 74.6 Å². The molecule has 3 rings (SSSR count). The molecule has 0 aromatic heterocycles. The minimum absolute atomic E-state index is 0.0342. The fourth-order valence-corrected chi connectivity index (χ4v) is 3.66. The van der Waals surface area contributed by atoms with Crippen LogP contribution in [0.4, 0.5) is 4.79 Å². The molecule has 1 atom stereocenters. The predicted molar refractivity (Wildman–Crippen MR) is 94.3 cm³/mol. The van der Waals surface area contributed by atoms with Crippen LogP contribution in [0.25, 0.3) is 0 Å². The summed E-state index contributed by atoms with van der Waals surface area (Å²) in [6.45, 7) is 2.05. The Balaban J connectivity index is 1.55. The van der Waals surface area contributed by atoms with E-state index in [9.17, 15) is 4.79 Å². The molecule has 0 bridgehead atoms. The van der Waals surface area contributed by atoms with Crippen molar-refractivity contribution < 1.29 is 4.79 Å². The van der Waals surface area contributed by atoms with Gasteiger partial charge >= 0.3 is 6.03 Å². The molecule has 124 valence electrons. The maximum absolute atomic E-state index is 12.1. The first-order valence-electron chi connectivity index (χ1n) is 9.09. The van der Waals surface area contributed by atoms with E-state index >= 15 is 0 Å². The summed E-state index contributed by atoms with van der Waals surface area (Å²) in [4.78, 5) is 12.1. The van der Waals surface area contributed by atoms with Crippen LogP contribution in [0.5, 0.6) is 0 Å². The van der Waals surface area contributed by atoms with Crippen molar-refractivity contribution >= 4 is 6.03 Å². The van der Waals surface area contributed by atoms with E-state index in [0.29, 0.717) is 0 Å². The SMILES string of the molecule is CC(NC(=O)NC=C1CCCCC1)c1ccc2c(c1)CCCC2. The van der Waals surface area contributed by atoms with Crippen LogP contribution in [0.2, 0.25) is 0 Å². The highest BCUT2D eigenvalue weighted by atomic mass is 16.2. The van der Waals surface area contributed by atoms with E-state index in [2.05, 4.69) is 35.8 Å².